The van der Waals surface area contributed by atoms with Crippen LogP contribution in [0.3, 0.4) is 0 Å². The highest BCUT2D eigenvalue weighted by atomic mass is 16.5. The number of nitrogen functional groups attached to an aromatic ring is 1. The van der Waals surface area contributed by atoms with Gasteiger partial charge < -0.3 is 10.5 Å². The molecule has 3 N–H and O–H groups in total. The molecular weight excluding hydrogens is 164 g/mol. The topological polar surface area (TPSA) is 59.1 Å². The van der Waals surface area contributed by atoms with E-state index in [2.05, 4.69) is 0 Å². The minimum atomic E-state index is 0.0641. The van der Waals surface area contributed by atoms with E-state index in [4.69, 9.17) is 15.9 Å². The minimum absolute atomic E-state index is 0.0641. The van der Waals surface area contributed by atoms with Crippen molar-refractivity contribution in [1.82, 2.24) is 0 Å². The summed E-state index contributed by atoms with van der Waals surface area (Å²) in [5.41, 5.74) is 6.03. The van der Waals surface area contributed by atoms with Gasteiger partial charge in [0.1, 0.15) is 11.6 Å². The van der Waals surface area contributed by atoms with E-state index in [1.807, 2.05) is 26.0 Å². The molecule has 0 spiro atoms. The fourth-order valence-electron chi connectivity index (χ4n) is 1.01. The predicted molar refractivity (Wildman–Crippen MR) is 53.2 cm³/mol. The van der Waals surface area contributed by atoms with Crippen LogP contribution < -0.4 is 10.5 Å². The third-order valence-corrected chi connectivity index (χ3v) is 1.52. The molecule has 0 aliphatic rings. The van der Waals surface area contributed by atoms with E-state index in [1.54, 1.807) is 12.1 Å². The van der Waals surface area contributed by atoms with Gasteiger partial charge in [0.15, 0.2) is 0 Å². The smallest absolute Gasteiger partial charge is 0.122 e. The SMILES string of the molecule is CC(C)Oc1cccc(C(=N)N)c1. The normalized spacial score (nSPS) is 10.1. The molecule has 0 saturated heterocycles. The lowest BCUT2D eigenvalue weighted by molar-refractivity contribution is 0.242. The highest BCUT2D eigenvalue weighted by Gasteiger charge is 2.00. The highest BCUT2D eigenvalue weighted by molar-refractivity contribution is 5.95. The summed E-state index contributed by atoms with van der Waals surface area (Å²) in [4.78, 5) is 0. The zero-order valence-corrected chi connectivity index (χ0v) is 7.87. The molecule has 0 heterocycles. The fourth-order valence-corrected chi connectivity index (χ4v) is 1.01. The Balaban J connectivity index is 2.85. The van der Waals surface area contributed by atoms with Crippen LogP contribution in [-0.4, -0.2) is 11.9 Å². The molecule has 0 bridgehead atoms. The molecule has 0 unspecified atom stereocenters. The highest BCUT2D eigenvalue weighted by Crippen LogP contribution is 2.14. The van der Waals surface area contributed by atoms with E-state index in [0.29, 0.717) is 5.56 Å². The van der Waals surface area contributed by atoms with E-state index in [0.717, 1.165) is 5.75 Å². The fraction of sp³-hybridized carbons (Fsp3) is 0.300. The molecule has 0 atom stereocenters. The van der Waals surface area contributed by atoms with Crippen LogP contribution >= 0.6 is 0 Å². The molecule has 1 aromatic rings. The Kier molecular flexibility index (Phi) is 2.90. The van der Waals surface area contributed by atoms with Gasteiger partial charge in [-0.05, 0) is 26.0 Å². The lowest BCUT2D eigenvalue weighted by Gasteiger charge is -2.10. The van der Waals surface area contributed by atoms with Crippen molar-refractivity contribution in [1.29, 1.82) is 5.41 Å². The van der Waals surface area contributed by atoms with Crippen molar-refractivity contribution in [2.24, 2.45) is 5.73 Å². The van der Waals surface area contributed by atoms with Crippen molar-refractivity contribution in [2.75, 3.05) is 0 Å². The number of nitrogens with one attached hydrogen (secondary N) is 1. The van der Waals surface area contributed by atoms with Gasteiger partial charge >= 0.3 is 0 Å². The Morgan fingerprint density at radius 1 is 1.46 bits per heavy atom. The van der Waals surface area contributed by atoms with Crippen molar-refractivity contribution >= 4 is 5.84 Å². The number of nitrogens with two attached hydrogens (primary N) is 1. The number of rotatable bonds is 3. The Hall–Kier alpha value is -1.51. The van der Waals surface area contributed by atoms with Gasteiger partial charge in [0.2, 0.25) is 0 Å². The summed E-state index contributed by atoms with van der Waals surface area (Å²) < 4.78 is 5.45. The summed E-state index contributed by atoms with van der Waals surface area (Å²) in [7, 11) is 0. The first kappa shape index (κ1) is 9.58. The molecule has 0 fully saturated rings. The molecule has 13 heavy (non-hydrogen) atoms. The van der Waals surface area contributed by atoms with Gasteiger partial charge in [0, 0.05) is 5.56 Å². The standard InChI is InChI=1S/C10H14N2O/c1-7(2)13-9-5-3-4-8(6-9)10(11)12/h3-7H,1-2H3,(H3,11,12). The largest absolute Gasteiger partial charge is 0.491 e. The lowest BCUT2D eigenvalue weighted by atomic mass is 10.2. The van der Waals surface area contributed by atoms with Gasteiger partial charge in [-0.15, -0.1) is 0 Å². The Morgan fingerprint density at radius 2 is 2.15 bits per heavy atom. The van der Waals surface area contributed by atoms with Crippen molar-refractivity contribution in [3.8, 4) is 5.75 Å². The van der Waals surface area contributed by atoms with E-state index >= 15 is 0 Å². The maximum absolute atomic E-state index is 7.24. The van der Waals surface area contributed by atoms with Crippen molar-refractivity contribution in [2.45, 2.75) is 20.0 Å². The molecule has 0 aliphatic heterocycles. The van der Waals surface area contributed by atoms with E-state index in [9.17, 15) is 0 Å². The van der Waals surface area contributed by atoms with Crippen LogP contribution in [0.25, 0.3) is 0 Å². The first-order valence-corrected chi connectivity index (χ1v) is 4.20. The monoisotopic (exact) mass is 178 g/mol. The second-order valence-electron chi connectivity index (χ2n) is 3.11. The third kappa shape index (κ3) is 2.78. The van der Waals surface area contributed by atoms with Crippen molar-refractivity contribution in [3.05, 3.63) is 29.8 Å². The maximum Gasteiger partial charge on any atom is 0.122 e. The molecule has 0 aliphatic carbocycles. The van der Waals surface area contributed by atoms with Crippen LogP contribution in [0.5, 0.6) is 5.75 Å². The van der Waals surface area contributed by atoms with Crippen LogP contribution in [-0.2, 0) is 0 Å². The van der Waals surface area contributed by atoms with Gasteiger partial charge in [0.25, 0.3) is 0 Å². The molecule has 1 rings (SSSR count). The number of hydrogen-bond acceptors (Lipinski definition) is 2. The summed E-state index contributed by atoms with van der Waals surface area (Å²) in [5.74, 6) is 0.817. The van der Waals surface area contributed by atoms with Crippen LogP contribution in [0.15, 0.2) is 24.3 Å². The van der Waals surface area contributed by atoms with E-state index in [-0.39, 0.29) is 11.9 Å². The molecule has 3 heteroatoms. The van der Waals surface area contributed by atoms with E-state index in [1.165, 1.54) is 0 Å². The lowest BCUT2D eigenvalue weighted by Crippen LogP contribution is -2.12. The number of ether oxygens (including phenoxy) is 1. The summed E-state index contributed by atoms with van der Waals surface area (Å²) in [5, 5.41) is 7.24. The average Bonchev–Trinajstić information content (AvgIpc) is 2.03. The Bertz CT molecular complexity index is 308. The maximum atomic E-state index is 7.24. The Labute approximate surface area is 78.0 Å². The number of hydrogen-bond donors (Lipinski definition) is 2. The minimum Gasteiger partial charge on any atom is -0.491 e. The van der Waals surface area contributed by atoms with Crippen molar-refractivity contribution < 1.29 is 4.74 Å². The summed E-state index contributed by atoms with van der Waals surface area (Å²) in [6.45, 7) is 3.92. The van der Waals surface area contributed by atoms with Gasteiger partial charge in [-0.2, -0.15) is 0 Å². The predicted octanol–water partition coefficient (Wildman–Crippen LogP) is 1.76. The second kappa shape index (κ2) is 3.94. The zero-order valence-electron chi connectivity index (χ0n) is 7.87. The molecule has 0 radical (unpaired) electrons. The number of amidine groups is 1. The number of benzene rings is 1. The summed E-state index contributed by atoms with van der Waals surface area (Å²) >= 11 is 0. The summed E-state index contributed by atoms with van der Waals surface area (Å²) in [6.07, 6.45) is 0.141. The first-order chi connectivity index (χ1) is 6.09. The zero-order chi connectivity index (χ0) is 9.84. The third-order valence-electron chi connectivity index (χ3n) is 1.52. The molecule has 0 saturated carbocycles. The van der Waals surface area contributed by atoms with Crippen LogP contribution in [0.2, 0.25) is 0 Å². The van der Waals surface area contributed by atoms with E-state index < -0.39 is 0 Å². The van der Waals surface area contributed by atoms with Gasteiger partial charge in [-0.3, -0.25) is 5.41 Å². The van der Waals surface area contributed by atoms with Crippen LogP contribution in [0.4, 0.5) is 0 Å². The van der Waals surface area contributed by atoms with Gasteiger partial charge in [-0.1, -0.05) is 12.1 Å². The first-order valence-electron chi connectivity index (χ1n) is 4.20. The molecule has 0 amide bonds. The van der Waals surface area contributed by atoms with Gasteiger partial charge in [-0.25, -0.2) is 0 Å². The molecule has 1 aromatic carbocycles. The molecule has 3 nitrogen and oxygen atoms in total. The average molecular weight is 178 g/mol. The quantitative estimate of drug-likeness (QED) is 0.547. The van der Waals surface area contributed by atoms with Crippen molar-refractivity contribution in [3.63, 3.8) is 0 Å². The molecular formula is C10H14N2O. The summed E-state index contributed by atoms with van der Waals surface area (Å²) in [6, 6.07) is 7.23. The van der Waals surface area contributed by atoms with Crippen LogP contribution in [0, 0.1) is 5.41 Å². The molecule has 0 aromatic heterocycles. The second-order valence-corrected chi connectivity index (χ2v) is 3.11. The Morgan fingerprint density at radius 3 is 2.69 bits per heavy atom. The molecule has 70 valence electrons. The van der Waals surface area contributed by atoms with Crippen LogP contribution in [0.1, 0.15) is 19.4 Å². The van der Waals surface area contributed by atoms with Gasteiger partial charge in [0.05, 0.1) is 6.10 Å².